The zero-order chi connectivity index (χ0) is 12.3. The van der Waals surface area contributed by atoms with Crippen LogP contribution in [0.2, 0.25) is 0 Å². The second-order valence-corrected chi connectivity index (χ2v) is 7.16. The molecule has 2 aromatic rings. The first-order valence-electron chi connectivity index (χ1n) is 5.79. The summed E-state index contributed by atoms with van der Waals surface area (Å²) in [5.41, 5.74) is 3.35. The van der Waals surface area contributed by atoms with Crippen LogP contribution >= 0.6 is 24.5 Å². The highest BCUT2D eigenvalue weighted by molar-refractivity contribution is 9.10. The summed E-state index contributed by atoms with van der Waals surface area (Å²) in [5.74, 6) is 0. The summed E-state index contributed by atoms with van der Waals surface area (Å²) < 4.78 is 1.17. The predicted octanol–water partition coefficient (Wildman–Crippen LogP) is 4.83. The summed E-state index contributed by atoms with van der Waals surface area (Å²) in [7, 11) is 0.861. The van der Waals surface area contributed by atoms with Crippen molar-refractivity contribution in [3.8, 4) is 11.1 Å². The molecule has 0 saturated carbocycles. The molecule has 0 N–H and O–H groups in total. The molecule has 2 aromatic carbocycles. The maximum atomic E-state index is 3.64. The van der Waals surface area contributed by atoms with Crippen LogP contribution in [0.15, 0.2) is 53.0 Å². The summed E-state index contributed by atoms with van der Waals surface area (Å²) in [4.78, 5) is 0. The highest BCUT2D eigenvalue weighted by Gasteiger charge is 2.08. The first-order valence-corrected chi connectivity index (χ1v) is 7.66. The standard InChI is InChI=1S/C15H16BrP/c1-11(2)17-15-10-6-4-8-13(15)12-7-3-5-9-14(12)16/h3-11,17H,1-2H3. The molecule has 0 saturated heterocycles. The number of hydrogen-bond donors (Lipinski definition) is 0. The Morgan fingerprint density at radius 3 is 2.12 bits per heavy atom. The average Bonchev–Trinajstić information content (AvgIpc) is 2.30. The summed E-state index contributed by atoms with van der Waals surface area (Å²) in [5, 5.41) is 1.45. The van der Waals surface area contributed by atoms with E-state index in [4.69, 9.17) is 0 Å². The van der Waals surface area contributed by atoms with Gasteiger partial charge in [0.25, 0.3) is 0 Å². The summed E-state index contributed by atoms with van der Waals surface area (Å²) >= 11 is 3.64. The summed E-state index contributed by atoms with van der Waals surface area (Å²) in [6, 6.07) is 17.1. The Hall–Kier alpha value is -0.650. The van der Waals surface area contributed by atoms with E-state index in [0.29, 0.717) is 5.66 Å². The topological polar surface area (TPSA) is 0 Å². The molecule has 0 amide bonds. The molecule has 0 radical (unpaired) electrons. The third-order valence-electron chi connectivity index (χ3n) is 2.54. The highest BCUT2D eigenvalue weighted by atomic mass is 79.9. The van der Waals surface area contributed by atoms with Gasteiger partial charge in [0, 0.05) is 4.47 Å². The second kappa shape index (κ2) is 5.80. The van der Waals surface area contributed by atoms with Gasteiger partial charge in [0.1, 0.15) is 0 Å². The molecule has 1 unspecified atom stereocenters. The summed E-state index contributed by atoms with van der Waals surface area (Å²) in [6.07, 6.45) is 0. The minimum atomic E-state index is 0.707. The van der Waals surface area contributed by atoms with Crippen LogP contribution in [0.1, 0.15) is 13.8 Å². The first-order chi connectivity index (χ1) is 8.18. The van der Waals surface area contributed by atoms with Gasteiger partial charge in [-0.05, 0) is 28.2 Å². The monoisotopic (exact) mass is 306 g/mol. The van der Waals surface area contributed by atoms with Gasteiger partial charge in [-0.3, -0.25) is 0 Å². The quantitative estimate of drug-likeness (QED) is 0.713. The zero-order valence-corrected chi connectivity index (χ0v) is 12.7. The fourth-order valence-electron chi connectivity index (χ4n) is 1.83. The van der Waals surface area contributed by atoms with Gasteiger partial charge < -0.3 is 0 Å². The molecule has 0 fully saturated rings. The molecule has 88 valence electrons. The van der Waals surface area contributed by atoms with Crippen molar-refractivity contribution in [1.29, 1.82) is 0 Å². The largest absolute Gasteiger partial charge is 0.0871 e. The minimum Gasteiger partial charge on any atom is -0.0871 e. The van der Waals surface area contributed by atoms with Crippen LogP contribution in [0.5, 0.6) is 0 Å². The van der Waals surface area contributed by atoms with Crippen LogP contribution in [-0.4, -0.2) is 5.66 Å². The van der Waals surface area contributed by atoms with Gasteiger partial charge >= 0.3 is 0 Å². The first kappa shape index (κ1) is 12.8. The zero-order valence-electron chi connectivity index (χ0n) is 10.1. The van der Waals surface area contributed by atoms with Crippen LogP contribution in [0.4, 0.5) is 0 Å². The van der Waals surface area contributed by atoms with Gasteiger partial charge in [0.05, 0.1) is 0 Å². The van der Waals surface area contributed by atoms with Crippen molar-refractivity contribution >= 4 is 29.8 Å². The maximum Gasteiger partial charge on any atom is 0.0253 e. The number of rotatable bonds is 3. The van der Waals surface area contributed by atoms with Gasteiger partial charge in [0.15, 0.2) is 0 Å². The van der Waals surface area contributed by atoms with E-state index in [0.717, 1.165) is 8.58 Å². The Morgan fingerprint density at radius 2 is 1.47 bits per heavy atom. The van der Waals surface area contributed by atoms with Crippen molar-refractivity contribution in [2.24, 2.45) is 0 Å². The predicted molar refractivity (Wildman–Crippen MR) is 82.7 cm³/mol. The van der Waals surface area contributed by atoms with Crippen LogP contribution in [0.3, 0.4) is 0 Å². The number of halogens is 1. The van der Waals surface area contributed by atoms with Crippen molar-refractivity contribution in [3.05, 3.63) is 53.0 Å². The Balaban J connectivity index is 2.48. The molecule has 0 bridgehead atoms. The van der Waals surface area contributed by atoms with E-state index >= 15 is 0 Å². The molecule has 0 aromatic heterocycles. The molecule has 1 atom stereocenters. The minimum absolute atomic E-state index is 0.707. The van der Waals surface area contributed by atoms with Crippen LogP contribution in [0, 0.1) is 0 Å². The Morgan fingerprint density at radius 1 is 0.882 bits per heavy atom. The van der Waals surface area contributed by atoms with E-state index in [-0.39, 0.29) is 0 Å². The van der Waals surface area contributed by atoms with Gasteiger partial charge in [-0.15, -0.1) is 0 Å². The Bertz CT molecular complexity index is 506. The fourth-order valence-corrected chi connectivity index (χ4v) is 3.52. The normalized spacial score (nSPS) is 11.5. The Kier molecular flexibility index (Phi) is 4.36. The van der Waals surface area contributed by atoms with E-state index in [1.54, 1.807) is 0 Å². The molecular weight excluding hydrogens is 291 g/mol. The molecule has 0 aliphatic carbocycles. The van der Waals surface area contributed by atoms with Gasteiger partial charge in [-0.1, -0.05) is 80.8 Å². The highest BCUT2D eigenvalue weighted by Crippen LogP contribution is 2.31. The lowest BCUT2D eigenvalue weighted by atomic mass is 10.1. The molecule has 0 heterocycles. The van der Waals surface area contributed by atoms with Gasteiger partial charge in [-0.25, -0.2) is 0 Å². The van der Waals surface area contributed by atoms with Crippen LogP contribution in [-0.2, 0) is 0 Å². The Labute approximate surface area is 113 Å². The van der Waals surface area contributed by atoms with E-state index in [1.165, 1.54) is 20.9 Å². The molecule has 0 nitrogen and oxygen atoms in total. The van der Waals surface area contributed by atoms with E-state index in [9.17, 15) is 0 Å². The SMILES string of the molecule is CC(C)Pc1ccccc1-c1ccccc1Br. The third kappa shape index (κ3) is 3.18. The smallest absolute Gasteiger partial charge is 0.0253 e. The van der Waals surface area contributed by atoms with Crippen molar-refractivity contribution in [2.45, 2.75) is 19.5 Å². The average molecular weight is 307 g/mol. The van der Waals surface area contributed by atoms with E-state index < -0.39 is 0 Å². The molecular formula is C15H16BrP. The number of benzene rings is 2. The van der Waals surface area contributed by atoms with Crippen molar-refractivity contribution in [2.75, 3.05) is 0 Å². The van der Waals surface area contributed by atoms with Crippen molar-refractivity contribution in [3.63, 3.8) is 0 Å². The number of hydrogen-bond acceptors (Lipinski definition) is 0. The molecule has 0 aliphatic rings. The van der Waals surface area contributed by atoms with E-state index in [1.807, 2.05) is 0 Å². The lowest BCUT2D eigenvalue weighted by molar-refractivity contribution is 1.11. The molecule has 0 aliphatic heterocycles. The molecule has 17 heavy (non-hydrogen) atoms. The van der Waals surface area contributed by atoms with Gasteiger partial charge in [0.2, 0.25) is 0 Å². The lowest BCUT2D eigenvalue weighted by Crippen LogP contribution is -2.03. The second-order valence-electron chi connectivity index (χ2n) is 4.32. The lowest BCUT2D eigenvalue weighted by Gasteiger charge is -2.13. The third-order valence-corrected chi connectivity index (χ3v) is 4.55. The molecule has 2 heteroatoms. The fraction of sp³-hybridized carbons (Fsp3) is 0.200. The maximum absolute atomic E-state index is 3.64. The van der Waals surface area contributed by atoms with Crippen molar-refractivity contribution < 1.29 is 0 Å². The van der Waals surface area contributed by atoms with Gasteiger partial charge in [-0.2, -0.15) is 0 Å². The van der Waals surface area contributed by atoms with E-state index in [2.05, 4.69) is 78.3 Å². The van der Waals surface area contributed by atoms with Crippen LogP contribution in [0.25, 0.3) is 11.1 Å². The summed E-state index contributed by atoms with van der Waals surface area (Å²) in [6.45, 7) is 4.55. The van der Waals surface area contributed by atoms with Crippen molar-refractivity contribution in [1.82, 2.24) is 0 Å². The molecule has 2 rings (SSSR count). The molecule has 0 spiro atoms. The van der Waals surface area contributed by atoms with Crippen LogP contribution < -0.4 is 5.30 Å².